The molecule has 1 saturated heterocycles. The van der Waals surface area contributed by atoms with E-state index in [-0.39, 0.29) is 6.10 Å². The summed E-state index contributed by atoms with van der Waals surface area (Å²) in [7, 11) is 0. The average Bonchev–Trinajstić information content (AvgIpc) is 2.89. The average molecular weight is 258 g/mol. The van der Waals surface area contributed by atoms with E-state index in [4.69, 9.17) is 23.5 Å². The smallest absolute Gasteiger partial charge is 0.283 e. The molecule has 0 aliphatic carbocycles. The minimum absolute atomic E-state index is 0.278. The van der Waals surface area contributed by atoms with Crippen LogP contribution in [-0.2, 0) is 18.9 Å². The van der Waals surface area contributed by atoms with Gasteiger partial charge in [0.2, 0.25) is 12.1 Å². The number of hydrogen-bond acceptors (Lipinski definition) is 7. The maximum absolute atomic E-state index is 5.49. The standard InChI is InChI=1S/C11H18N2O5/c1-3-15-11(16-4-2)10-12-9(13-18-10)8-7-14-5-6-17-8/h8,11H,3-7H2,1-2H3. The minimum Gasteiger partial charge on any atom is -0.376 e. The molecule has 1 aromatic heterocycles. The van der Waals surface area contributed by atoms with Gasteiger partial charge in [-0.3, -0.25) is 0 Å². The van der Waals surface area contributed by atoms with E-state index in [1.807, 2.05) is 13.8 Å². The summed E-state index contributed by atoms with van der Waals surface area (Å²) in [5.74, 6) is 0.775. The van der Waals surface area contributed by atoms with Crippen molar-refractivity contribution in [2.45, 2.75) is 26.2 Å². The lowest BCUT2D eigenvalue weighted by molar-refractivity contribution is -0.155. The molecule has 0 radical (unpaired) electrons. The third-order valence-electron chi connectivity index (χ3n) is 2.40. The highest BCUT2D eigenvalue weighted by Crippen LogP contribution is 2.22. The molecule has 0 saturated carbocycles. The third kappa shape index (κ3) is 3.26. The Kier molecular flexibility index (Phi) is 5.06. The van der Waals surface area contributed by atoms with Crippen molar-refractivity contribution in [2.24, 2.45) is 0 Å². The van der Waals surface area contributed by atoms with Gasteiger partial charge in [0.05, 0.1) is 19.8 Å². The van der Waals surface area contributed by atoms with E-state index in [1.165, 1.54) is 0 Å². The number of rotatable bonds is 6. The fourth-order valence-corrected chi connectivity index (χ4v) is 1.60. The number of ether oxygens (including phenoxy) is 4. The first-order valence-electron chi connectivity index (χ1n) is 6.11. The molecule has 1 aliphatic heterocycles. The minimum atomic E-state index is -0.620. The Labute approximate surface area is 105 Å². The third-order valence-corrected chi connectivity index (χ3v) is 2.40. The first-order chi connectivity index (χ1) is 8.85. The molecule has 2 rings (SSSR count). The van der Waals surface area contributed by atoms with Crippen molar-refractivity contribution in [3.8, 4) is 0 Å². The maximum atomic E-state index is 5.49. The largest absolute Gasteiger partial charge is 0.376 e. The predicted molar refractivity (Wildman–Crippen MR) is 59.8 cm³/mol. The van der Waals surface area contributed by atoms with Gasteiger partial charge in [0, 0.05) is 13.2 Å². The molecule has 102 valence electrons. The van der Waals surface area contributed by atoms with Gasteiger partial charge in [0.1, 0.15) is 6.10 Å². The molecular formula is C11H18N2O5. The quantitative estimate of drug-likeness (QED) is 0.710. The van der Waals surface area contributed by atoms with Gasteiger partial charge in [-0.05, 0) is 13.8 Å². The second-order valence-corrected chi connectivity index (χ2v) is 3.67. The second kappa shape index (κ2) is 6.79. The van der Waals surface area contributed by atoms with Crippen LogP contribution in [0.1, 0.15) is 38.0 Å². The number of hydrogen-bond donors (Lipinski definition) is 0. The summed E-state index contributed by atoms with van der Waals surface area (Å²) in [6.07, 6.45) is -0.897. The van der Waals surface area contributed by atoms with Gasteiger partial charge in [0.15, 0.2) is 0 Å². The van der Waals surface area contributed by atoms with Crippen molar-refractivity contribution >= 4 is 0 Å². The SMILES string of the molecule is CCOC(OCC)c1nc(C2COCCO2)no1. The van der Waals surface area contributed by atoms with Crippen LogP contribution >= 0.6 is 0 Å². The Morgan fingerprint density at radius 2 is 2.06 bits per heavy atom. The molecule has 7 heteroatoms. The van der Waals surface area contributed by atoms with Gasteiger partial charge in [0.25, 0.3) is 5.89 Å². The van der Waals surface area contributed by atoms with E-state index in [1.54, 1.807) is 0 Å². The summed E-state index contributed by atoms with van der Waals surface area (Å²) < 4.78 is 26.7. The van der Waals surface area contributed by atoms with Crippen molar-refractivity contribution in [3.63, 3.8) is 0 Å². The maximum Gasteiger partial charge on any atom is 0.283 e. The van der Waals surface area contributed by atoms with E-state index in [2.05, 4.69) is 10.1 Å². The van der Waals surface area contributed by atoms with Crippen LogP contribution in [0.4, 0.5) is 0 Å². The molecular weight excluding hydrogens is 240 g/mol. The summed E-state index contributed by atoms with van der Waals surface area (Å²) in [5.41, 5.74) is 0. The lowest BCUT2D eigenvalue weighted by atomic mass is 10.3. The van der Waals surface area contributed by atoms with Gasteiger partial charge in [-0.25, -0.2) is 0 Å². The zero-order valence-electron chi connectivity index (χ0n) is 10.6. The lowest BCUT2D eigenvalue weighted by Gasteiger charge is -2.19. The van der Waals surface area contributed by atoms with Gasteiger partial charge in [-0.15, -0.1) is 0 Å². The zero-order chi connectivity index (χ0) is 12.8. The molecule has 0 bridgehead atoms. The monoisotopic (exact) mass is 258 g/mol. The first-order valence-corrected chi connectivity index (χ1v) is 6.11. The van der Waals surface area contributed by atoms with Crippen LogP contribution in [-0.4, -0.2) is 43.2 Å². The van der Waals surface area contributed by atoms with E-state index in [0.717, 1.165) is 0 Å². The molecule has 1 unspecified atom stereocenters. The van der Waals surface area contributed by atoms with Crippen molar-refractivity contribution in [3.05, 3.63) is 11.7 Å². The Bertz CT molecular complexity index is 345. The molecule has 1 fully saturated rings. The highest BCUT2D eigenvalue weighted by molar-refractivity contribution is 4.93. The van der Waals surface area contributed by atoms with E-state index in [9.17, 15) is 0 Å². The Morgan fingerprint density at radius 1 is 1.28 bits per heavy atom. The molecule has 2 heterocycles. The summed E-state index contributed by atoms with van der Waals surface area (Å²) in [5, 5.41) is 3.87. The summed E-state index contributed by atoms with van der Waals surface area (Å²) in [4.78, 5) is 4.24. The van der Waals surface area contributed by atoms with E-state index >= 15 is 0 Å². The van der Waals surface area contributed by atoms with Crippen LogP contribution in [0.3, 0.4) is 0 Å². The second-order valence-electron chi connectivity index (χ2n) is 3.67. The van der Waals surface area contributed by atoms with Crippen LogP contribution in [0.25, 0.3) is 0 Å². The highest BCUT2D eigenvalue weighted by Gasteiger charge is 2.25. The lowest BCUT2D eigenvalue weighted by Crippen LogP contribution is -2.22. The molecule has 7 nitrogen and oxygen atoms in total. The molecule has 1 aliphatic rings. The topological polar surface area (TPSA) is 75.8 Å². The zero-order valence-corrected chi connectivity index (χ0v) is 10.6. The van der Waals surface area contributed by atoms with Crippen LogP contribution in [0.2, 0.25) is 0 Å². The predicted octanol–water partition coefficient (Wildman–Crippen LogP) is 1.23. The van der Waals surface area contributed by atoms with Crippen LogP contribution in [0, 0.1) is 0 Å². The molecule has 0 N–H and O–H groups in total. The van der Waals surface area contributed by atoms with Gasteiger partial charge >= 0.3 is 0 Å². The normalized spacial score (nSPS) is 20.5. The van der Waals surface area contributed by atoms with Crippen LogP contribution < -0.4 is 0 Å². The molecule has 1 atom stereocenters. The van der Waals surface area contributed by atoms with Crippen molar-refractivity contribution in [1.82, 2.24) is 10.1 Å². The van der Waals surface area contributed by atoms with Crippen molar-refractivity contribution in [2.75, 3.05) is 33.0 Å². The van der Waals surface area contributed by atoms with Gasteiger partial charge in [-0.1, -0.05) is 5.16 Å². The van der Waals surface area contributed by atoms with E-state index < -0.39 is 6.29 Å². The molecule has 0 spiro atoms. The molecule has 0 aromatic carbocycles. The molecule has 18 heavy (non-hydrogen) atoms. The van der Waals surface area contributed by atoms with Gasteiger partial charge in [-0.2, -0.15) is 4.98 Å². The van der Waals surface area contributed by atoms with Gasteiger partial charge < -0.3 is 23.5 Å². The Morgan fingerprint density at radius 3 is 2.67 bits per heavy atom. The van der Waals surface area contributed by atoms with Crippen molar-refractivity contribution in [1.29, 1.82) is 0 Å². The summed E-state index contributed by atoms with van der Waals surface area (Å²) >= 11 is 0. The van der Waals surface area contributed by atoms with Crippen LogP contribution in [0.5, 0.6) is 0 Å². The highest BCUT2D eigenvalue weighted by atomic mass is 16.7. The Hall–Kier alpha value is -1.02. The molecule has 1 aromatic rings. The molecule has 0 amide bonds. The fraction of sp³-hybridized carbons (Fsp3) is 0.818. The van der Waals surface area contributed by atoms with Crippen molar-refractivity contribution < 1.29 is 23.5 Å². The summed E-state index contributed by atoms with van der Waals surface area (Å²) in [6, 6.07) is 0. The Balaban J connectivity index is 2.02. The number of nitrogens with zero attached hydrogens (tertiary/aromatic N) is 2. The fourth-order valence-electron chi connectivity index (χ4n) is 1.60. The number of aromatic nitrogens is 2. The van der Waals surface area contributed by atoms with Crippen LogP contribution in [0.15, 0.2) is 4.52 Å². The first kappa shape index (κ1) is 13.4. The summed E-state index contributed by atoms with van der Waals surface area (Å²) in [6.45, 7) is 6.34. The van der Waals surface area contributed by atoms with E-state index in [0.29, 0.717) is 44.7 Å².